The Morgan fingerprint density at radius 1 is 1.05 bits per heavy atom. The first kappa shape index (κ1) is 17.3. The van der Waals surface area contributed by atoms with Crippen molar-refractivity contribution in [3.63, 3.8) is 0 Å². The van der Waals surface area contributed by atoms with Gasteiger partial charge in [0.15, 0.2) is 0 Å². The second kappa shape index (κ2) is 7.03. The molecule has 0 aliphatic rings. The Hall–Kier alpha value is -1.03. The first-order chi connectivity index (χ1) is 10.2. The van der Waals surface area contributed by atoms with E-state index in [0.717, 1.165) is 18.7 Å². The molecule has 2 nitrogen and oxygen atoms in total. The molecule has 0 atom stereocenters. The number of benzene rings is 2. The molecule has 1 heterocycles. The average Bonchev–Trinajstić information content (AvgIpc) is 2.81. The lowest BCUT2D eigenvalue weighted by Crippen LogP contribution is -3.00. The Morgan fingerprint density at radius 2 is 1.77 bits per heavy atom. The first-order valence-electron chi connectivity index (χ1n) is 7.14. The van der Waals surface area contributed by atoms with Crippen LogP contribution in [-0.2, 0) is 13.0 Å². The minimum atomic E-state index is 0. The van der Waals surface area contributed by atoms with Crippen LogP contribution >= 0.6 is 23.2 Å². The highest BCUT2D eigenvalue weighted by molar-refractivity contribution is 6.40. The molecule has 22 heavy (non-hydrogen) atoms. The average molecular weight is 400 g/mol. The summed E-state index contributed by atoms with van der Waals surface area (Å²) in [6, 6.07) is 12.7. The maximum absolute atomic E-state index is 6.47. The lowest BCUT2D eigenvalue weighted by atomic mass is 10.0. The Kier molecular flexibility index (Phi) is 5.54. The van der Waals surface area contributed by atoms with Gasteiger partial charge in [0.1, 0.15) is 5.69 Å². The SMILES string of the molecule is CCc1ccc2ccccc2c1-n1c[n+](CC)c(Cl)c1Cl.[Br-]. The van der Waals surface area contributed by atoms with Gasteiger partial charge in [-0.15, -0.1) is 0 Å². The molecule has 0 spiro atoms. The van der Waals surface area contributed by atoms with E-state index in [9.17, 15) is 0 Å². The molecule has 0 saturated carbocycles. The van der Waals surface area contributed by atoms with Crippen molar-refractivity contribution in [3.05, 3.63) is 58.6 Å². The van der Waals surface area contributed by atoms with E-state index in [4.69, 9.17) is 23.2 Å². The molecule has 0 amide bonds. The van der Waals surface area contributed by atoms with Crippen molar-refractivity contribution < 1.29 is 21.5 Å². The van der Waals surface area contributed by atoms with Gasteiger partial charge in [0.2, 0.25) is 0 Å². The van der Waals surface area contributed by atoms with Gasteiger partial charge < -0.3 is 17.0 Å². The van der Waals surface area contributed by atoms with Crippen LogP contribution in [0.4, 0.5) is 0 Å². The third-order valence-electron chi connectivity index (χ3n) is 3.84. The maximum Gasteiger partial charge on any atom is 0.260 e. The number of fused-ring (bicyclic) bond motifs is 1. The molecular formula is C17H17BrCl2N2. The third-order valence-corrected chi connectivity index (χ3v) is 4.69. The van der Waals surface area contributed by atoms with Crippen LogP contribution in [0.2, 0.25) is 10.3 Å². The number of hydrogen-bond donors (Lipinski definition) is 0. The van der Waals surface area contributed by atoms with E-state index in [1.54, 1.807) is 0 Å². The number of hydrogen-bond acceptors (Lipinski definition) is 0. The number of nitrogens with zero attached hydrogens (tertiary/aromatic N) is 2. The Bertz CT molecular complexity index is 812. The van der Waals surface area contributed by atoms with E-state index in [1.165, 1.54) is 16.3 Å². The Balaban J connectivity index is 0.00000176. The van der Waals surface area contributed by atoms with Crippen molar-refractivity contribution in [2.45, 2.75) is 26.8 Å². The van der Waals surface area contributed by atoms with Crippen LogP contribution in [0.3, 0.4) is 0 Å². The van der Waals surface area contributed by atoms with Crippen molar-refractivity contribution in [2.24, 2.45) is 0 Å². The van der Waals surface area contributed by atoms with E-state index in [0.29, 0.717) is 10.3 Å². The molecule has 0 bridgehead atoms. The molecule has 116 valence electrons. The summed E-state index contributed by atoms with van der Waals surface area (Å²) < 4.78 is 3.94. The van der Waals surface area contributed by atoms with Crippen molar-refractivity contribution in [1.29, 1.82) is 0 Å². The molecule has 0 aliphatic heterocycles. The molecule has 0 saturated heterocycles. The van der Waals surface area contributed by atoms with Crippen molar-refractivity contribution in [3.8, 4) is 5.69 Å². The Morgan fingerprint density at radius 3 is 2.41 bits per heavy atom. The molecule has 2 aromatic carbocycles. The minimum absolute atomic E-state index is 0. The van der Waals surface area contributed by atoms with E-state index in [1.807, 2.05) is 21.5 Å². The summed E-state index contributed by atoms with van der Waals surface area (Å²) in [7, 11) is 0. The molecular weight excluding hydrogens is 383 g/mol. The fourth-order valence-corrected chi connectivity index (χ4v) is 3.20. The topological polar surface area (TPSA) is 8.81 Å². The third kappa shape index (κ3) is 2.78. The second-order valence-corrected chi connectivity index (χ2v) is 5.72. The van der Waals surface area contributed by atoms with Gasteiger partial charge in [-0.25, -0.2) is 4.57 Å². The van der Waals surface area contributed by atoms with Gasteiger partial charge >= 0.3 is 0 Å². The molecule has 0 aliphatic carbocycles. The smallest absolute Gasteiger partial charge is 0.260 e. The maximum atomic E-state index is 6.47. The second-order valence-electron chi connectivity index (χ2n) is 5.00. The zero-order valence-corrected chi connectivity index (χ0v) is 15.6. The molecule has 0 unspecified atom stereocenters. The van der Waals surface area contributed by atoms with Gasteiger partial charge in [-0.05, 0) is 47.5 Å². The number of aromatic nitrogens is 2. The van der Waals surface area contributed by atoms with Gasteiger partial charge in [-0.1, -0.05) is 43.3 Å². The molecule has 0 fully saturated rings. The van der Waals surface area contributed by atoms with E-state index in [-0.39, 0.29) is 17.0 Å². The summed E-state index contributed by atoms with van der Waals surface area (Å²) in [6.45, 7) is 4.99. The first-order valence-corrected chi connectivity index (χ1v) is 7.89. The number of imidazole rings is 1. The number of halogens is 3. The highest BCUT2D eigenvalue weighted by atomic mass is 79.9. The molecule has 3 rings (SSSR count). The normalized spacial score (nSPS) is 10.7. The van der Waals surface area contributed by atoms with E-state index < -0.39 is 0 Å². The van der Waals surface area contributed by atoms with Gasteiger partial charge in [-0.3, -0.25) is 0 Å². The van der Waals surface area contributed by atoms with Gasteiger partial charge in [0.05, 0.1) is 6.54 Å². The molecule has 0 N–H and O–H groups in total. The van der Waals surface area contributed by atoms with Gasteiger partial charge in [0.25, 0.3) is 16.6 Å². The highest BCUT2D eigenvalue weighted by Gasteiger charge is 2.23. The summed E-state index contributed by atoms with van der Waals surface area (Å²) in [5.41, 5.74) is 2.38. The molecule has 3 aromatic rings. The van der Waals surface area contributed by atoms with Crippen LogP contribution in [0.15, 0.2) is 42.7 Å². The summed E-state index contributed by atoms with van der Waals surface area (Å²) in [5.74, 6) is 0. The molecule has 5 heteroatoms. The van der Waals surface area contributed by atoms with Crippen LogP contribution in [-0.4, -0.2) is 4.57 Å². The lowest BCUT2D eigenvalue weighted by molar-refractivity contribution is -0.690. The Labute approximate surface area is 151 Å². The van der Waals surface area contributed by atoms with Gasteiger partial charge in [0, 0.05) is 5.39 Å². The predicted octanol–water partition coefficient (Wildman–Crippen LogP) is 1.81. The fourth-order valence-electron chi connectivity index (χ4n) is 2.71. The van der Waals surface area contributed by atoms with Crippen LogP contribution in [0.1, 0.15) is 19.4 Å². The summed E-state index contributed by atoms with van der Waals surface area (Å²) in [6.07, 6.45) is 2.92. The largest absolute Gasteiger partial charge is 1.00 e. The van der Waals surface area contributed by atoms with Crippen LogP contribution < -0.4 is 21.5 Å². The van der Waals surface area contributed by atoms with Crippen molar-refractivity contribution in [1.82, 2.24) is 4.57 Å². The van der Waals surface area contributed by atoms with Crippen molar-refractivity contribution >= 4 is 34.0 Å². The summed E-state index contributed by atoms with van der Waals surface area (Å²) >= 11 is 12.8. The monoisotopic (exact) mass is 398 g/mol. The van der Waals surface area contributed by atoms with Gasteiger partial charge in [-0.2, -0.15) is 4.57 Å². The van der Waals surface area contributed by atoms with E-state index >= 15 is 0 Å². The standard InChI is InChI=1S/C17H17Cl2N2.BrH/c1-3-12-9-10-13-7-5-6-8-14(13)15(12)21-11-20(4-2)16(18)17(21)19;/h5-11H,3-4H2,1-2H3;1H/q+1;/p-1. The van der Waals surface area contributed by atoms with Crippen LogP contribution in [0.25, 0.3) is 16.5 Å². The zero-order valence-electron chi connectivity index (χ0n) is 12.5. The van der Waals surface area contributed by atoms with Crippen molar-refractivity contribution in [2.75, 3.05) is 0 Å². The predicted molar refractivity (Wildman–Crippen MR) is 88.5 cm³/mol. The van der Waals surface area contributed by atoms with E-state index in [2.05, 4.69) is 44.2 Å². The summed E-state index contributed by atoms with van der Waals surface area (Å²) in [5, 5.41) is 3.53. The zero-order chi connectivity index (χ0) is 15.0. The van der Waals surface area contributed by atoms with Crippen LogP contribution in [0.5, 0.6) is 0 Å². The molecule has 0 radical (unpaired) electrons. The quantitative estimate of drug-likeness (QED) is 0.594. The molecule has 1 aromatic heterocycles. The fraction of sp³-hybridized carbons (Fsp3) is 0.235. The number of rotatable bonds is 3. The number of aryl methyl sites for hydroxylation is 2. The summed E-state index contributed by atoms with van der Waals surface area (Å²) in [4.78, 5) is 0. The highest BCUT2D eigenvalue weighted by Crippen LogP contribution is 2.31. The van der Waals surface area contributed by atoms with Crippen LogP contribution in [0, 0.1) is 0 Å². The minimum Gasteiger partial charge on any atom is -1.00 e. The lowest BCUT2D eigenvalue weighted by Gasteiger charge is -2.08.